The fourth-order valence-corrected chi connectivity index (χ4v) is 2.64. The number of carboxylic acids is 1. The van der Waals surface area contributed by atoms with Crippen molar-refractivity contribution in [2.75, 3.05) is 6.54 Å². The second-order valence-corrected chi connectivity index (χ2v) is 6.30. The molecule has 0 bridgehead atoms. The first kappa shape index (κ1) is 16.5. The first-order valence-corrected chi connectivity index (χ1v) is 7.44. The van der Waals surface area contributed by atoms with Crippen molar-refractivity contribution >= 4 is 11.9 Å². The summed E-state index contributed by atoms with van der Waals surface area (Å²) in [5.74, 6) is -1.39. The van der Waals surface area contributed by atoms with Crippen LogP contribution in [0, 0.1) is 5.41 Å². The number of likely N-dealkylation sites (tertiary alicyclic amines) is 1. The zero-order chi connectivity index (χ0) is 16.5. The first-order valence-electron chi connectivity index (χ1n) is 7.44. The molecule has 1 aromatic heterocycles. The molecule has 0 saturated carbocycles. The summed E-state index contributed by atoms with van der Waals surface area (Å²) >= 11 is 0. The summed E-state index contributed by atoms with van der Waals surface area (Å²) in [6, 6.07) is -0.483. The highest BCUT2D eigenvalue weighted by Crippen LogP contribution is 2.36. The summed E-state index contributed by atoms with van der Waals surface area (Å²) in [4.78, 5) is 29.0. The third kappa shape index (κ3) is 2.85. The molecule has 0 aromatic carbocycles. The van der Waals surface area contributed by atoms with Crippen molar-refractivity contribution in [1.29, 1.82) is 0 Å². The quantitative estimate of drug-likeness (QED) is 0.860. The van der Waals surface area contributed by atoms with Crippen LogP contribution in [0.15, 0.2) is 10.8 Å². The van der Waals surface area contributed by atoms with E-state index in [1.54, 1.807) is 0 Å². The van der Waals surface area contributed by atoms with Crippen LogP contribution in [-0.4, -0.2) is 44.6 Å². The predicted octanol–water partition coefficient (Wildman–Crippen LogP) is 1.83. The number of carbonyl (C=O) groups is 2. The molecule has 7 heteroatoms. The van der Waals surface area contributed by atoms with Gasteiger partial charge in [0.15, 0.2) is 17.8 Å². The van der Waals surface area contributed by atoms with Gasteiger partial charge in [-0.05, 0) is 24.7 Å². The number of aromatic nitrogens is 1. The zero-order valence-corrected chi connectivity index (χ0v) is 13.1. The molecule has 7 nitrogen and oxygen atoms in total. The molecule has 2 rings (SSSR count). The normalized spacial score (nSPS) is 20.2. The van der Waals surface area contributed by atoms with Crippen LogP contribution in [0.3, 0.4) is 0 Å². The number of carboxylic acid groups (broad SMARTS) is 1. The van der Waals surface area contributed by atoms with Gasteiger partial charge in [-0.1, -0.05) is 20.8 Å². The average Bonchev–Trinajstić information content (AvgIpc) is 3.13. The molecule has 1 saturated heterocycles. The minimum atomic E-state index is -1.18. The van der Waals surface area contributed by atoms with Gasteiger partial charge >= 0.3 is 5.97 Å². The van der Waals surface area contributed by atoms with Gasteiger partial charge in [0.1, 0.15) is 6.10 Å². The SMILES string of the molecule is CCC(C)(C)C(O)C(=O)N1CCC[C@H]1c1ocnc1C(=O)O. The molecule has 2 heterocycles. The van der Waals surface area contributed by atoms with Crippen LogP contribution in [-0.2, 0) is 4.79 Å². The Morgan fingerprint density at radius 1 is 1.55 bits per heavy atom. The van der Waals surface area contributed by atoms with Crippen LogP contribution in [0.5, 0.6) is 0 Å². The highest BCUT2D eigenvalue weighted by atomic mass is 16.4. The molecular weight excluding hydrogens is 288 g/mol. The number of aliphatic hydroxyl groups is 1. The van der Waals surface area contributed by atoms with Gasteiger partial charge in [-0.25, -0.2) is 9.78 Å². The summed E-state index contributed by atoms with van der Waals surface area (Å²) in [5.41, 5.74) is -0.713. The highest BCUT2D eigenvalue weighted by Gasteiger charge is 2.41. The largest absolute Gasteiger partial charge is 0.476 e. The standard InChI is InChI=1S/C15H22N2O5/c1-4-15(2,3)12(18)13(19)17-7-5-6-9(17)11-10(14(20)21)16-8-22-11/h8-9,12,18H,4-7H2,1-3H3,(H,20,21)/t9-,12?/m0/s1. The summed E-state index contributed by atoms with van der Waals surface area (Å²) in [7, 11) is 0. The maximum absolute atomic E-state index is 12.6. The number of hydrogen-bond donors (Lipinski definition) is 2. The number of oxazole rings is 1. The molecule has 1 aromatic rings. The Labute approximate surface area is 128 Å². The van der Waals surface area contributed by atoms with Gasteiger partial charge in [0.05, 0.1) is 6.04 Å². The molecule has 1 unspecified atom stereocenters. The van der Waals surface area contributed by atoms with Crippen molar-refractivity contribution in [3.05, 3.63) is 17.8 Å². The van der Waals surface area contributed by atoms with Crippen molar-refractivity contribution in [2.45, 2.75) is 52.2 Å². The number of amides is 1. The molecule has 0 aliphatic carbocycles. The van der Waals surface area contributed by atoms with Crippen LogP contribution in [0.25, 0.3) is 0 Å². The Kier molecular flexibility index (Phi) is 4.55. The molecule has 1 aliphatic heterocycles. The van der Waals surface area contributed by atoms with E-state index in [0.717, 1.165) is 12.8 Å². The third-order valence-electron chi connectivity index (χ3n) is 4.52. The fourth-order valence-electron chi connectivity index (χ4n) is 2.64. The maximum atomic E-state index is 12.6. The van der Waals surface area contributed by atoms with Gasteiger partial charge in [-0.15, -0.1) is 0 Å². The van der Waals surface area contributed by atoms with Crippen molar-refractivity contribution in [3.8, 4) is 0 Å². The Morgan fingerprint density at radius 2 is 2.23 bits per heavy atom. The van der Waals surface area contributed by atoms with Crippen LogP contribution in [0.4, 0.5) is 0 Å². The number of hydrogen-bond acceptors (Lipinski definition) is 5. The third-order valence-corrected chi connectivity index (χ3v) is 4.52. The van der Waals surface area contributed by atoms with E-state index >= 15 is 0 Å². The first-order chi connectivity index (χ1) is 10.3. The highest BCUT2D eigenvalue weighted by molar-refractivity contribution is 5.87. The summed E-state index contributed by atoms with van der Waals surface area (Å²) in [6.07, 6.45) is 1.93. The lowest BCUT2D eigenvalue weighted by molar-refractivity contribution is -0.148. The van der Waals surface area contributed by atoms with E-state index in [2.05, 4.69) is 4.98 Å². The van der Waals surface area contributed by atoms with E-state index in [0.29, 0.717) is 19.4 Å². The van der Waals surface area contributed by atoms with Gasteiger partial charge in [0.2, 0.25) is 0 Å². The Balaban J connectivity index is 2.26. The molecule has 1 amide bonds. The van der Waals surface area contributed by atoms with Gasteiger partial charge in [-0.2, -0.15) is 0 Å². The molecular formula is C15H22N2O5. The smallest absolute Gasteiger partial charge is 0.358 e. The molecule has 1 fully saturated rings. The minimum Gasteiger partial charge on any atom is -0.476 e. The number of rotatable bonds is 5. The van der Waals surface area contributed by atoms with E-state index in [1.165, 1.54) is 4.90 Å². The molecule has 22 heavy (non-hydrogen) atoms. The van der Waals surface area contributed by atoms with Crippen LogP contribution in [0.2, 0.25) is 0 Å². The zero-order valence-electron chi connectivity index (χ0n) is 13.1. The van der Waals surface area contributed by atoms with E-state index in [9.17, 15) is 14.7 Å². The molecule has 0 spiro atoms. The second kappa shape index (κ2) is 6.08. The number of nitrogens with zero attached hydrogens (tertiary/aromatic N) is 2. The lowest BCUT2D eigenvalue weighted by Gasteiger charge is -2.33. The summed E-state index contributed by atoms with van der Waals surface area (Å²) in [6.45, 7) is 6.05. The maximum Gasteiger partial charge on any atom is 0.358 e. The van der Waals surface area contributed by atoms with Crippen molar-refractivity contribution in [1.82, 2.24) is 9.88 Å². The number of carbonyl (C=O) groups excluding carboxylic acids is 1. The van der Waals surface area contributed by atoms with Crippen LogP contribution in [0.1, 0.15) is 62.3 Å². The van der Waals surface area contributed by atoms with Crippen molar-refractivity contribution in [3.63, 3.8) is 0 Å². The topological polar surface area (TPSA) is 104 Å². The monoisotopic (exact) mass is 310 g/mol. The number of aliphatic hydroxyl groups excluding tert-OH is 1. The van der Waals surface area contributed by atoms with Gasteiger partial charge in [0.25, 0.3) is 5.91 Å². The van der Waals surface area contributed by atoms with E-state index in [1.807, 2.05) is 20.8 Å². The number of aromatic carboxylic acids is 1. The molecule has 1 aliphatic rings. The second-order valence-electron chi connectivity index (χ2n) is 6.30. The predicted molar refractivity (Wildman–Crippen MR) is 77.2 cm³/mol. The minimum absolute atomic E-state index is 0.172. The Bertz CT molecular complexity index is 566. The summed E-state index contributed by atoms with van der Waals surface area (Å²) < 4.78 is 5.21. The Morgan fingerprint density at radius 3 is 2.82 bits per heavy atom. The van der Waals surface area contributed by atoms with E-state index in [-0.39, 0.29) is 17.4 Å². The van der Waals surface area contributed by atoms with E-state index in [4.69, 9.17) is 9.52 Å². The molecule has 2 atom stereocenters. The van der Waals surface area contributed by atoms with Gasteiger partial charge < -0.3 is 19.5 Å². The molecule has 0 radical (unpaired) electrons. The summed E-state index contributed by atoms with van der Waals surface area (Å²) in [5, 5.41) is 19.5. The van der Waals surface area contributed by atoms with Crippen molar-refractivity contribution < 1.29 is 24.2 Å². The Hall–Kier alpha value is -1.89. The molecule has 122 valence electrons. The lowest BCUT2D eigenvalue weighted by Crippen LogP contribution is -2.45. The van der Waals surface area contributed by atoms with Gasteiger partial charge in [0, 0.05) is 6.54 Å². The average molecular weight is 310 g/mol. The van der Waals surface area contributed by atoms with Crippen LogP contribution >= 0.6 is 0 Å². The lowest BCUT2D eigenvalue weighted by atomic mass is 9.83. The van der Waals surface area contributed by atoms with E-state index < -0.39 is 23.5 Å². The molecule has 2 N–H and O–H groups in total. The van der Waals surface area contributed by atoms with Gasteiger partial charge in [-0.3, -0.25) is 4.79 Å². The van der Waals surface area contributed by atoms with Crippen LogP contribution < -0.4 is 0 Å². The fraction of sp³-hybridized carbons (Fsp3) is 0.667. The van der Waals surface area contributed by atoms with Crippen molar-refractivity contribution in [2.24, 2.45) is 5.41 Å².